The van der Waals surface area contributed by atoms with Crippen LogP contribution in [0.5, 0.6) is 0 Å². The summed E-state index contributed by atoms with van der Waals surface area (Å²) < 4.78 is 1.22. The van der Waals surface area contributed by atoms with Crippen molar-refractivity contribution in [2.75, 3.05) is 19.6 Å². The van der Waals surface area contributed by atoms with Gasteiger partial charge in [0.1, 0.15) is 5.52 Å². The number of rotatable bonds is 7. The van der Waals surface area contributed by atoms with Crippen LogP contribution in [0.4, 0.5) is 0 Å². The number of fused-ring (bicyclic) bond motifs is 1. The van der Waals surface area contributed by atoms with E-state index in [-0.39, 0.29) is 30.3 Å². The predicted molar refractivity (Wildman–Crippen MR) is 101 cm³/mol. The Labute approximate surface area is 157 Å². The molecule has 1 aliphatic rings. The van der Waals surface area contributed by atoms with Gasteiger partial charge in [-0.1, -0.05) is 23.8 Å². The average molecular weight is 371 g/mol. The third-order valence-electron chi connectivity index (χ3n) is 4.78. The Morgan fingerprint density at radius 1 is 1.11 bits per heavy atom. The Kier molecular flexibility index (Phi) is 6.51. The van der Waals surface area contributed by atoms with E-state index >= 15 is 0 Å². The largest absolute Gasteiger partial charge is 0.356 e. The quantitative estimate of drug-likeness (QED) is 0.735. The third-order valence-corrected chi connectivity index (χ3v) is 4.78. The molecule has 2 aromatic rings. The highest BCUT2D eigenvalue weighted by Crippen LogP contribution is 2.11. The number of carbonyl (C=O) groups is 2. The van der Waals surface area contributed by atoms with Gasteiger partial charge in [-0.25, -0.2) is 4.68 Å². The lowest BCUT2D eigenvalue weighted by Gasteiger charge is -2.20. The Morgan fingerprint density at radius 3 is 2.85 bits per heavy atom. The maximum atomic E-state index is 12.3. The molecule has 144 valence electrons. The van der Waals surface area contributed by atoms with Crippen molar-refractivity contribution in [3.8, 4) is 0 Å². The summed E-state index contributed by atoms with van der Waals surface area (Å²) in [5.41, 5.74) is 0.305. The number of nitrogens with zero attached hydrogens (tertiary/aromatic N) is 4. The smallest absolute Gasteiger partial charge is 0.277 e. The van der Waals surface area contributed by atoms with E-state index in [0.29, 0.717) is 30.4 Å². The van der Waals surface area contributed by atoms with E-state index in [1.807, 2.05) is 4.90 Å². The Bertz CT molecular complexity index is 864. The van der Waals surface area contributed by atoms with Gasteiger partial charge in [0, 0.05) is 32.5 Å². The summed E-state index contributed by atoms with van der Waals surface area (Å²) >= 11 is 0. The summed E-state index contributed by atoms with van der Waals surface area (Å²) in [5.74, 6) is 0.0760. The molecule has 1 fully saturated rings. The predicted octanol–water partition coefficient (Wildman–Crippen LogP) is 1.09. The summed E-state index contributed by atoms with van der Waals surface area (Å²) in [6.07, 6.45) is 4.66. The number of hydrogen-bond acceptors (Lipinski definition) is 5. The summed E-state index contributed by atoms with van der Waals surface area (Å²) in [4.78, 5) is 38.1. The van der Waals surface area contributed by atoms with Gasteiger partial charge in [0.2, 0.25) is 11.8 Å². The van der Waals surface area contributed by atoms with Crippen molar-refractivity contribution in [1.29, 1.82) is 0 Å². The van der Waals surface area contributed by atoms with Crippen LogP contribution in [-0.2, 0) is 16.1 Å². The van der Waals surface area contributed by atoms with Gasteiger partial charge in [-0.2, -0.15) is 0 Å². The fourth-order valence-corrected chi connectivity index (χ4v) is 3.24. The van der Waals surface area contributed by atoms with Crippen LogP contribution in [0.2, 0.25) is 0 Å². The second-order valence-electron chi connectivity index (χ2n) is 6.78. The number of benzene rings is 1. The van der Waals surface area contributed by atoms with Crippen LogP contribution in [0.1, 0.15) is 38.5 Å². The van der Waals surface area contributed by atoms with Gasteiger partial charge >= 0.3 is 0 Å². The third kappa shape index (κ3) is 5.12. The fraction of sp³-hybridized carbons (Fsp3) is 0.526. The molecule has 1 saturated heterocycles. The first-order chi connectivity index (χ1) is 13.1. The first-order valence-corrected chi connectivity index (χ1v) is 9.52. The molecule has 3 rings (SSSR count). The van der Waals surface area contributed by atoms with Crippen molar-refractivity contribution in [2.24, 2.45) is 0 Å². The second kappa shape index (κ2) is 9.25. The van der Waals surface area contributed by atoms with Crippen molar-refractivity contribution in [3.63, 3.8) is 0 Å². The van der Waals surface area contributed by atoms with Crippen LogP contribution in [0, 0.1) is 0 Å². The minimum Gasteiger partial charge on any atom is -0.356 e. The molecule has 0 unspecified atom stereocenters. The molecule has 1 aromatic carbocycles. The van der Waals surface area contributed by atoms with Crippen LogP contribution in [0.3, 0.4) is 0 Å². The fourth-order valence-electron chi connectivity index (χ4n) is 3.24. The van der Waals surface area contributed by atoms with Crippen LogP contribution >= 0.6 is 0 Å². The number of aromatic nitrogens is 3. The van der Waals surface area contributed by atoms with Crippen molar-refractivity contribution < 1.29 is 9.59 Å². The molecule has 27 heavy (non-hydrogen) atoms. The van der Waals surface area contributed by atoms with Gasteiger partial charge in [0.25, 0.3) is 5.56 Å². The molecule has 0 aliphatic carbocycles. The van der Waals surface area contributed by atoms with E-state index in [1.54, 1.807) is 24.3 Å². The minimum absolute atomic E-state index is 0.140. The molecule has 0 atom stereocenters. The van der Waals surface area contributed by atoms with Crippen LogP contribution in [-0.4, -0.2) is 51.3 Å². The lowest BCUT2D eigenvalue weighted by Crippen LogP contribution is -2.34. The van der Waals surface area contributed by atoms with Crippen LogP contribution in [0.25, 0.3) is 10.9 Å². The molecular formula is C19H25N5O3. The summed E-state index contributed by atoms with van der Waals surface area (Å²) in [5, 5.41) is 11.2. The number of amides is 2. The van der Waals surface area contributed by atoms with Crippen LogP contribution < -0.4 is 10.9 Å². The molecule has 0 radical (unpaired) electrons. The first-order valence-electron chi connectivity index (χ1n) is 9.52. The molecule has 1 N–H and O–H groups in total. The zero-order chi connectivity index (χ0) is 19.1. The Balaban J connectivity index is 1.42. The zero-order valence-corrected chi connectivity index (χ0v) is 15.4. The van der Waals surface area contributed by atoms with E-state index in [0.717, 1.165) is 32.2 Å². The normalized spacial score (nSPS) is 15.0. The van der Waals surface area contributed by atoms with Crippen molar-refractivity contribution in [2.45, 2.75) is 45.1 Å². The van der Waals surface area contributed by atoms with E-state index in [4.69, 9.17) is 0 Å². The van der Waals surface area contributed by atoms with Gasteiger partial charge in [-0.05, 0) is 31.4 Å². The van der Waals surface area contributed by atoms with Gasteiger partial charge in [0.05, 0.1) is 11.9 Å². The number of nitrogens with one attached hydrogen (secondary N) is 1. The molecule has 1 aliphatic heterocycles. The van der Waals surface area contributed by atoms with E-state index < -0.39 is 0 Å². The second-order valence-corrected chi connectivity index (χ2v) is 6.78. The zero-order valence-electron chi connectivity index (χ0n) is 15.4. The van der Waals surface area contributed by atoms with Gasteiger partial charge in [-0.3, -0.25) is 14.4 Å². The highest BCUT2D eigenvalue weighted by atomic mass is 16.2. The number of carbonyl (C=O) groups excluding carboxylic acids is 2. The summed E-state index contributed by atoms with van der Waals surface area (Å²) in [6.45, 7) is 2.19. The molecule has 8 nitrogen and oxygen atoms in total. The molecule has 1 aromatic heterocycles. The van der Waals surface area contributed by atoms with Gasteiger partial charge in [-0.15, -0.1) is 5.10 Å². The monoisotopic (exact) mass is 371 g/mol. The molecule has 0 spiro atoms. The van der Waals surface area contributed by atoms with Crippen LogP contribution in [0.15, 0.2) is 29.1 Å². The summed E-state index contributed by atoms with van der Waals surface area (Å²) in [6, 6.07) is 7.01. The standard InChI is InChI=1S/C19H25N5O3/c25-17(20-11-6-13-23-12-5-1-2-9-18(23)26)10-14-24-19(27)15-7-3-4-8-16(15)21-22-24/h3-4,7-8H,1-2,5-6,9-14H2,(H,20,25). The van der Waals surface area contributed by atoms with Crippen molar-refractivity contribution >= 4 is 22.7 Å². The SMILES string of the molecule is O=C(CCn1nnc2ccccc2c1=O)NCCCN1CCCCCC1=O. The number of hydrogen-bond donors (Lipinski definition) is 1. The van der Waals surface area contributed by atoms with E-state index in [9.17, 15) is 14.4 Å². The lowest BCUT2D eigenvalue weighted by atomic mass is 10.2. The number of likely N-dealkylation sites (tertiary alicyclic amines) is 1. The molecule has 0 bridgehead atoms. The Morgan fingerprint density at radius 2 is 1.96 bits per heavy atom. The number of aryl methyl sites for hydroxylation is 1. The van der Waals surface area contributed by atoms with Gasteiger partial charge < -0.3 is 10.2 Å². The first kappa shape index (κ1) is 19.0. The molecule has 2 heterocycles. The topological polar surface area (TPSA) is 97.2 Å². The summed E-state index contributed by atoms with van der Waals surface area (Å²) in [7, 11) is 0. The highest BCUT2D eigenvalue weighted by molar-refractivity contribution is 5.77. The van der Waals surface area contributed by atoms with Crippen molar-refractivity contribution in [3.05, 3.63) is 34.6 Å². The average Bonchev–Trinajstić information content (AvgIpc) is 2.89. The lowest BCUT2D eigenvalue weighted by molar-refractivity contribution is -0.130. The molecule has 2 amide bonds. The maximum absolute atomic E-state index is 12.3. The van der Waals surface area contributed by atoms with E-state index in [2.05, 4.69) is 15.6 Å². The molecule has 8 heteroatoms. The van der Waals surface area contributed by atoms with Crippen molar-refractivity contribution in [1.82, 2.24) is 25.2 Å². The molecule has 0 saturated carbocycles. The minimum atomic E-state index is -0.243. The maximum Gasteiger partial charge on any atom is 0.277 e. The van der Waals surface area contributed by atoms with E-state index in [1.165, 1.54) is 4.68 Å². The van der Waals surface area contributed by atoms with Gasteiger partial charge in [0.15, 0.2) is 0 Å². The Hall–Kier alpha value is -2.77. The molecular weight excluding hydrogens is 346 g/mol. The highest BCUT2D eigenvalue weighted by Gasteiger charge is 2.15.